The van der Waals surface area contributed by atoms with Gasteiger partial charge in [0.25, 0.3) is 5.69 Å². The summed E-state index contributed by atoms with van der Waals surface area (Å²) in [5.74, 6) is 1.25. The van der Waals surface area contributed by atoms with Crippen LogP contribution in [-0.2, 0) is 4.79 Å². The molecule has 1 saturated heterocycles. The molecule has 1 N–H and O–H groups in total. The van der Waals surface area contributed by atoms with E-state index in [1.807, 2.05) is 29.2 Å². The molecular formula is C24H29N3O5. The fourth-order valence-electron chi connectivity index (χ4n) is 4.45. The van der Waals surface area contributed by atoms with E-state index in [0.717, 1.165) is 12.8 Å². The molecule has 0 unspecified atom stereocenters. The predicted octanol–water partition coefficient (Wildman–Crippen LogP) is 4.86. The number of nitrogens with zero attached hydrogens (tertiary/aromatic N) is 2. The first-order chi connectivity index (χ1) is 15.3. The number of carbonyl (C=O) groups excluding carboxylic acids is 1. The average Bonchev–Trinajstić information content (AvgIpc) is 3.21. The van der Waals surface area contributed by atoms with Crippen LogP contribution < -0.4 is 14.8 Å². The minimum Gasteiger partial charge on any atom is -0.454 e. The summed E-state index contributed by atoms with van der Waals surface area (Å²) in [4.78, 5) is 27.1. The highest BCUT2D eigenvalue weighted by Crippen LogP contribution is 2.42. The third kappa shape index (κ3) is 4.55. The third-order valence-electron chi connectivity index (χ3n) is 6.16. The third-order valence-corrected chi connectivity index (χ3v) is 6.16. The molecule has 0 spiro atoms. The van der Waals surface area contributed by atoms with Gasteiger partial charge in [0.1, 0.15) is 6.04 Å². The lowest BCUT2D eigenvalue weighted by Crippen LogP contribution is -2.43. The van der Waals surface area contributed by atoms with E-state index in [2.05, 4.69) is 26.1 Å². The van der Waals surface area contributed by atoms with Crippen LogP contribution in [-0.4, -0.2) is 35.6 Å². The number of carbonyl (C=O) groups is 1. The Morgan fingerprint density at radius 1 is 1.19 bits per heavy atom. The molecule has 1 amide bonds. The fourth-order valence-corrected chi connectivity index (χ4v) is 4.45. The van der Waals surface area contributed by atoms with Crippen molar-refractivity contribution in [3.8, 4) is 11.5 Å². The lowest BCUT2D eigenvalue weighted by molar-refractivity contribution is -0.386. The van der Waals surface area contributed by atoms with Crippen LogP contribution in [0.4, 0.5) is 11.4 Å². The Morgan fingerprint density at radius 2 is 1.88 bits per heavy atom. The minimum atomic E-state index is -0.808. The van der Waals surface area contributed by atoms with Crippen LogP contribution in [0.1, 0.15) is 56.7 Å². The van der Waals surface area contributed by atoms with Crippen molar-refractivity contribution in [1.82, 2.24) is 4.90 Å². The standard InChI is InChI=1S/C24H29N3O5/c1-15(2)17-6-8-18(9-7-17)25-24(28)23(26-10-4-5-16(3)13-26)19-11-21-22(32-14-31-21)12-20(19)27(29)30/h6-9,11-12,15-16,23H,4-5,10,13-14H2,1-3H3,(H,25,28)/t16-,23-/m0/s1. The number of hydrogen-bond acceptors (Lipinski definition) is 6. The molecule has 4 rings (SSSR count). The van der Waals surface area contributed by atoms with Crippen LogP contribution in [0.2, 0.25) is 0 Å². The molecule has 0 saturated carbocycles. The zero-order valence-electron chi connectivity index (χ0n) is 18.7. The molecule has 0 radical (unpaired) electrons. The van der Waals surface area contributed by atoms with Gasteiger partial charge >= 0.3 is 0 Å². The topological polar surface area (TPSA) is 93.9 Å². The van der Waals surface area contributed by atoms with Gasteiger partial charge in [-0.2, -0.15) is 0 Å². The Labute approximate surface area is 187 Å². The number of piperidine rings is 1. The van der Waals surface area contributed by atoms with Crippen molar-refractivity contribution in [1.29, 1.82) is 0 Å². The predicted molar refractivity (Wildman–Crippen MR) is 121 cm³/mol. The summed E-state index contributed by atoms with van der Waals surface area (Å²) >= 11 is 0. The number of fused-ring (bicyclic) bond motifs is 1. The van der Waals surface area contributed by atoms with Crippen LogP contribution in [0, 0.1) is 16.0 Å². The zero-order valence-corrected chi connectivity index (χ0v) is 18.7. The first-order valence-electron chi connectivity index (χ1n) is 11.1. The van der Waals surface area contributed by atoms with Gasteiger partial charge in [0.05, 0.1) is 16.6 Å². The second-order valence-corrected chi connectivity index (χ2v) is 8.93. The van der Waals surface area contributed by atoms with Gasteiger partial charge in [-0.3, -0.25) is 19.8 Å². The number of ether oxygens (including phenoxy) is 2. The molecule has 170 valence electrons. The smallest absolute Gasteiger partial charge is 0.278 e. The Bertz CT molecular complexity index is 1010. The van der Waals surface area contributed by atoms with Crippen molar-refractivity contribution < 1.29 is 19.2 Å². The number of nitrogens with one attached hydrogen (secondary N) is 1. The number of benzene rings is 2. The van der Waals surface area contributed by atoms with Gasteiger partial charge in [0.15, 0.2) is 11.5 Å². The first-order valence-corrected chi connectivity index (χ1v) is 11.1. The van der Waals surface area contributed by atoms with Crippen LogP contribution in [0.3, 0.4) is 0 Å². The maximum Gasteiger partial charge on any atom is 0.278 e. The highest BCUT2D eigenvalue weighted by molar-refractivity contribution is 5.96. The van der Waals surface area contributed by atoms with Gasteiger partial charge in [-0.1, -0.05) is 32.9 Å². The Kier molecular flexibility index (Phi) is 6.32. The molecule has 0 aromatic heterocycles. The van der Waals surface area contributed by atoms with Crippen LogP contribution in [0.15, 0.2) is 36.4 Å². The van der Waals surface area contributed by atoms with Crippen molar-refractivity contribution in [2.75, 3.05) is 25.2 Å². The normalized spacial score (nSPS) is 19.1. The zero-order chi connectivity index (χ0) is 22.8. The summed E-state index contributed by atoms with van der Waals surface area (Å²) in [6.07, 6.45) is 2.01. The molecule has 2 aliphatic rings. The van der Waals surface area contributed by atoms with E-state index < -0.39 is 11.0 Å². The first kappa shape index (κ1) is 22.1. The van der Waals surface area contributed by atoms with Gasteiger partial charge in [-0.15, -0.1) is 0 Å². The van der Waals surface area contributed by atoms with Crippen molar-refractivity contribution in [2.24, 2.45) is 5.92 Å². The number of anilines is 1. The molecule has 32 heavy (non-hydrogen) atoms. The van der Waals surface area contributed by atoms with Crippen molar-refractivity contribution >= 4 is 17.3 Å². The maximum atomic E-state index is 13.6. The van der Waals surface area contributed by atoms with E-state index in [4.69, 9.17) is 9.47 Å². The molecule has 8 nitrogen and oxygen atoms in total. The Hall–Kier alpha value is -3.13. The Balaban J connectivity index is 1.71. The SMILES string of the molecule is CC(C)c1ccc(NC(=O)[C@H](c2cc3c(cc2[N+](=O)[O-])OCO3)N2CCC[C@H](C)C2)cc1. The average molecular weight is 440 g/mol. The molecule has 8 heteroatoms. The lowest BCUT2D eigenvalue weighted by Gasteiger charge is -2.36. The summed E-state index contributed by atoms with van der Waals surface area (Å²) in [6.45, 7) is 7.76. The van der Waals surface area contributed by atoms with E-state index in [-0.39, 0.29) is 18.4 Å². The lowest BCUT2D eigenvalue weighted by atomic mass is 9.94. The number of rotatable bonds is 6. The molecule has 0 aliphatic carbocycles. The van der Waals surface area contributed by atoms with E-state index in [9.17, 15) is 14.9 Å². The van der Waals surface area contributed by atoms with Gasteiger partial charge in [-0.25, -0.2) is 0 Å². The van der Waals surface area contributed by atoms with Gasteiger partial charge in [0, 0.05) is 12.2 Å². The van der Waals surface area contributed by atoms with Crippen molar-refractivity contribution in [3.05, 3.63) is 57.6 Å². The maximum absolute atomic E-state index is 13.6. The molecule has 2 atom stereocenters. The molecule has 0 bridgehead atoms. The summed E-state index contributed by atoms with van der Waals surface area (Å²) < 4.78 is 10.8. The number of likely N-dealkylation sites (tertiary alicyclic amines) is 1. The molecule has 2 aliphatic heterocycles. The second-order valence-electron chi connectivity index (χ2n) is 8.93. The van der Waals surface area contributed by atoms with Crippen molar-refractivity contribution in [3.63, 3.8) is 0 Å². The van der Waals surface area contributed by atoms with Gasteiger partial charge in [-0.05, 0) is 55.0 Å². The van der Waals surface area contributed by atoms with Crippen molar-refractivity contribution in [2.45, 2.75) is 45.6 Å². The van der Waals surface area contributed by atoms with E-state index in [0.29, 0.717) is 47.7 Å². The molecule has 1 fully saturated rings. The number of amides is 1. The highest BCUT2D eigenvalue weighted by atomic mass is 16.7. The number of hydrogen-bond donors (Lipinski definition) is 1. The molecule has 2 heterocycles. The van der Waals surface area contributed by atoms with Gasteiger partial charge < -0.3 is 14.8 Å². The number of nitro groups is 1. The monoisotopic (exact) mass is 439 g/mol. The highest BCUT2D eigenvalue weighted by Gasteiger charge is 2.37. The second kappa shape index (κ2) is 9.16. The van der Waals surface area contributed by atoms with E-state index >= 15 is 0 Å². The quantitative estimate of drug-likeness (QED) is 0.510. The minimum absolute atomic E-state index is 0.00967. The van der Waals surface area contributed by atoms with Crippen LogP contribution >= 0.6 is 0 Å². The summed E-state index contributed by atoms with van der Waals surface area (Å²) in [7, 11) is 0. The van der Waals surface area contributed by atoms with E-state index in [1.165, 1.54) is 11.6 Å². The number of nitro benzene ring substituents is 1. The summed E-state index contributed by atoms with van der Waals surface area (Å²) in [5.41, 5.74) is 2.03. The summed E-state index contributed by atoms with van der Waals surface area (Å²) in [6, 6.07) is 9.86. The molecular weight excluding hydrogens is 410 g/mol. The fraction of sp³-hybridized carbons (Fsp3) is 0.458. The van der Waals surface area contributed by atoms with Gasteiger partial charge in [0.2, 0.25) is 12.7 Å². The van der Waals surface area contributed by atoms with Crippen LogP contribution in [0.5, 0.6) is 11.5 Å². The molecule has 2 aromatic carbocycles. The molecule has 2 aromatic rings. The Morgan fingerprint density at radius 3 is 2.50 bits per heavy atom. The summed E-state index contributed by atoms with van der Waals surface area (Å²) in [5, 5.41) is 14.9. The largest absolute Gasteiger partial charge is 0.454 e. The van der Waals surface area contributed by atoms with Crippen LogP contribution in [0.25, 0.3) is 0 Å². The van der Waals surface area contributed by atoms with E-state index in [1.54, 1.807) is 6.07 Å².